The Morgan fingerprint density at radius 2 is 0.667 bits per heavy atom. The first-order valence-corrected chi connectivity index (χ1v) is 35.8. The van der Waals surface area contributed by atoms with Crippen LogP contribution in [0.25, 0.3) is 116 Å². The molecule has 0 aliphatic heterocycles. The van der Waals surface area contributed by atoms with Gasteiger partial charge in [-0.15, -0.1) is 0 Å². The van der Waals surface area contributed by atoms with E-state index in [4.69, 9.17) is 6.57 Å². The van der Waals surface area contributed by atoms with Gasteiger partial charge in [0.15, 0.2) is 53.3 Å². The van der Waals surface area contributed by atoms with Crippen LogP contribution in [0.5, 0.6) is 0 Å². The van der Waals surface area contributed by atoms with Gasteiger partial charge in [-0.05, 0) is 170 Å². The van der Waals surface area contributed by atoms with E-state index in [1.165, 1.54) is 133 Å². The molecule has 0 atom stereocenters. The highest BCUT2D eigenvalue weighted by molar-refractivity contribution is 5.85. The van der Waals surface area contributed by atoms with Crippen LogP contribution in [0, 0.1) is 82.7 Å². The van der Waals surface area contributed by atoms with Crippen molar-refractivity contribution in [2.75, 3.05) is 0 Å². The van der Waals surface area contributed by atoms with Gasteiger partial charge >= 0.3 is 0 Å². The second-order valence-corrected chi connectivity index (χ2v) is 29.0. The molecule has 16 rings (SSSR count). The average molecular weight is 1380 g/mol. The van der Waals surface area contributed by atoms with Crippen molar-refractivity contribution < 1.29 is 18.3 Å². The number of aryl methyl sites for hydroxylation is 11. The summed E-state index contributed by atoms with van der Waals surface area (Å²) < 4.78 is 16.8. The van der Waals surface area contributed by atoms with Crippen LogP contribution in [-0.4, -0.2) is 39.1 Å². The second kappa shape index (κ2) is 29.2. The van der Waals surface area contributed by atoms with Crippen LogP contribution in [0.1, 0.15) is 88.1 Å². The Morgan fingerprint density at radius 1 is 0.333 bits per heavy atom. The van der Waals surface area contributed by atoms with E-state index >= 15 is 0 Å². The van der Waals surface area contributed by atoms with Gasteiger partial charge in [0.25, 0.3) is 0 Å². The van der Waals surface area contributed by atoms with Crippen LogP contribution in [0.3, 0.4) is 0 Å². The molecule has 8 heterocycles. The quantitative estimate of drug-likeness (QED) is 0.112. The number of fused-ring (bicyclic) bond motifs is 4. The molecule has 0 spiro atoms. The van der Waals surface area contributed by atoms with Crippen LogP contribution < -0.4 is 18.3 Å². The zero-order valence-corrected chi connectivity index (χ0v) is 63.8. The maximum absolute atomic E-state index is 7.53. The predicted octanol–water partition coefficient (Wildman–Crippen LogP) is 19.3. The average Bonchev–Trinajstić information content (AvgIpc) is 1.54. The Kier molecular flexibility index (Phi) is 19.8. The number of pyridine rings is 4. The van der Waals surface area contributed by atoms with Crippen LogP contribution in [-0.2, 0) is 33.6 Å². The maximum atomic E-state index is 7.53. The predicted molar refractivity (Wildman–Crippen MR) is 428 cm³/mol. The standard InChI is InChI=1S/C25H28N3.C23H24N3.C22H19N4.C22H22N3/c1-17-13-19-9-7-8-10-20(19)16-28(17)24-15-21(25(3,4)5)14-22(18(24)2)23-11-12-26-27(23)6;1-15-12-16(2)23(18(4)22(15)21-10-11-24-25(21)5)26-14-20-9-7-6-8-19(20)13-17(26)3;1-15-11-17-7-5-6-8-18(17)14-26(15)22-13-19(23-3)12-20(16(22)2)21-9-10-24-25(21)4;1-15-11-20(21-9-10-23-24(21)4)17(3)22(12-15)25-14-19-8-6-5-7-18(19)13-16(25)2/h7-16H,1-6H3;6-14H,1-5H3;5-14H,1-2,4H3;5-14H,1-4H3/q4*+1. The minimum atomic E-state index is 0.0567. The number of benzene rings is 8. The number of rotatable bonds is 8. The van der Waals surface area contributed by atoms with E-state index in [1.807, 2.05) is 89.8 Å². The van der Waals surface area contributed by atoms with Gasteiger partial charge in [0.1, 0.15) is 0 Å². The van der Waals surface area contributed by atoms with E-state index in [-0.39, 0.29) is 5.41 Å². The molecule has 13 nitrogen and oxygen atoms in total. The topological polar surface area (TPSA) is 91.2 Å². The summed E-state index contributed by atoms with van der Waals surface area (Å²) in [5, 5.41) is 27.3. The van der Waals surface area contributed by atoms with Gasteiger partial charge in [-0.25, -0.2) is 4.85 Å². The molecule has 0 N–H and O–H groups in total. The third-order valence-electron chi connectivity index (χ3n) is 20.6. The normalized spacial score (nSPS) is 11.3. The Balaban J connectivity index is 0.000000124. The van der Waals surface area contributed by atoms with Crippen LogP contribution in [0.2, 0.25) is 0 Å². The van der Waals surface area contributed by atoms with Crippen molar-refractivity contribution in [1.29, 1.82) is 0 Å². The van der Waals surface area contributed by atoms with Crippen molar-refractivity contribution >= 4 is 48.8 Å². The Labute approximate surface area is 617 Å². The summed E-state index contributed by atoms with van der Waals surface area (Å²) in [5.41, 5.74) is 29.5. The molecule has 0 radical (unpaired) electrons. The van der Waals surface area contributed by atoms with Crippen molar-refractivity contribution in [3.8, 4) is 67.8 Å². The lowest BCUT2D eigenvalue weighted by Crippen LogP contribution is -2.36. The molecular formula is C92H93N13+4. The minimum absolute atomic E-state index is 0.0567. The Morgan fingerprint density at radius 3 is 1.04 bits per heavy atom. The number of hydrogen-bond donors (Lipinski definition) is 0. The monoisotopic (exact) mass is 1380 g/mol. The molecule has 0 saturated heterocycles. The molecule has 0 bridgehead atoms. The van der Waals surface area contributed by atoms with Crippen LogP contribution in [0.4, 0.5) is 5.69 Å². The smallest absolute Gasteiger partial charge is 0.217 e. The Bertz CT molecular complexity index is 6060. The molecule has 0 saturated carbocycles. The fraction of sp³-hybridized carbons (Fsp3) is 0.207. The molecule has 8 aromatic carbocycles. The molecule has 0 amide bonds. The van der Waals surface area contributed by atoms with E-state index in [0.717, 1.165) is 45.3 Å². The third kappa shape index (κ3) is 14.2. The lowest BCUT2D eigenvalue weighted by atomic mass is 9.84. The van der Waals surface area contributed by atoms with Crippen molar-refractivity contribution in [3.63, 3.8) is 0 Å². The highest BCUT2D eigenvalue weighted by atomic mass is 15.3. The van der Waals surface area contributed by atoms with E-state index in [1.54, 1.807) is 6.20 Å². The molecule has 8 aromatic heterocycles. The molecule has 0 aliphatic rings. The van der Waals surface area contributed by atoms with E-state index < -0.39 is 0 Å². The van der Waals surface area contributed by atoms with Crippen molar-refractivity contribution in [2.24, 2.45) is 28.2 Å². The fourth-order valence-electron chi connectivity index (χ4n) is 14.9. The van der Waals surface area contributed by atoms with E-state index in [0.29, 0.717) is 5.69 Å². The van der Waals surface area contributed by atoms with Gasteiger partial charge in [0.05, 0.1) is 29.3 Å². The molecular weight excluding hydrogens is 1290 g/mol. The second-order valence-electron chi connectivity index (χ2n) is 29.0. The lowest BCUT2D eigenvalue weighted by Gasteiger charge is -2.22. The summed E-state index contributed by atoms with van der Waals surface area (Å²) in [7, 11) is 7.92. The molecule has 16 aromatic rings. The highest BCUT2D eigenvalue weighted by Crippen LogP contribution is 2.37. The lowest BCUT2D eigenvalue weighted by molar-refractivity contribution is -0.602. The van der Waals surface area contributed by atoms with Crippen molar-refractivity contribution in [3.05, 3.63) is 316 Å². The summed E-state index contributed by atoms with van der Waals surface area (Å²) in [6, 6.07) is 66.5. The number of nitrogens with zero attached hydrogens (tertiary/aromatic N) is 13. The summed E-state index contributed by atoms with van der Waals surface area (Å²) in [5.74, 6) is 0. The largest absolute Gasteiger partial charge is 0.268 e. The molecule has 0 aliphatic carbocycles. The molecule has 522 valence electrons. The van der Waals surface area contributed by atoms with E-state index in [9.17, 15) is 0 Å². The molecule has 13 heteroatoms. The van der Waals surface area contributed by atoms with Gasteiger partial charge in [-0.3, -0.25) is 18.7 Å². The summed E-state index contributed by atoms with van der Waals surface area (Å²) in [6.07, 6.45) is 16.3. The molecule has 0 fully saturated rings. The zero-order chi connectivity index (χ0) is 74.3. The first kappa shape index (κ1) is 71.1. The minimum Gasteiger partial charge on any atom is -0.268 e. The van der Waals surface area contributed by atoms with Gasteiger partial charge in [0, 0.05) is 189 Å². The van der Waals surface area contributed by atoms with E-state index in [2.05, 4.69) is 329 Å². The van der Waals surface area contributed by atoms with Crippen LogP contribution in [0.15, 0.2) is 238 Å². The van der Waals surface area contributed by atoms with Gasteiger partial charge < -0.3 is 0 Å². The zero-order valence-electron chi connectivity index (χ0n) is 63.8. The molecule has 0 unspecified atom stereocenters. The first-order chi connectivity index (χ1) is 50.3. The van der Waals surface area contributed by atoms with Gasteiger partial charge in [-0.1, -0.05) is 93.6 Å². The van der Waals surface area contributed by atoms with Crippen LogP contribution >= 0.6 is 0 Å². The number of hydrogen-bond acceptors (Lipinski definition) is 4. The first-order valence-electron chi connectivity index (χ1n) is 35.8. The Hall–Kier alpha value is -12.3. The summed E-state index contributed by atoms with van der Waals surface area (Å²) in [4.78, 5) is 3.70. The fourth-order valence-corrected chi connectivity index (χ4v) is 14.9. The van der Waals surface area contributed by atoms with Gasteiger partial charge in [0.2, 0.25) is 22.7 Å². The number of aromatic nitrogens is 12. The molecule has 105 heavy (non-hydrogen) atoms. The maximum Gasteiger partial charge on any atom is 0.217 e. The summed E-state index contributed by atoms with van der Waals surface area (Å²) >= 11 is 0. The third-order valence-corrected chi connectivity index (χ3v) is 20.6. The summed E-state index contributed by atoms with van der Waals surface area (Å²) in [6.45, 7) is 38.2. The van der Waals surface area contributed by atoms with Crippen molar-refractivity contribution in [1.82, 2.24) is 39.1 Å². The van der Waals surface area contributed by atoms with Crippen molar-refractivity contribution in [2.45, 2.75) is 102 Å². The SMILES string of the molecule is Cc1c(-c2ccnn2C)cc(C(C)(C)C)cc1-[n+]1cc2ccccc2cc1C.Cc1cc(-c2ccnn2C)c(C)c(-[n+]2cc3ccccc3cc2C)c1.Cc1cc(C)c(-[n+]2cc3ccccc3cc2C)c(C)c1-c1ccnn1C.[C-]#[N+]c1cc(-c2ccnn2C)c(C)c(-[n+]2cc3ccccc3cc2C)c1. The van der Waals surface area contributed by atoms with Gasteiger partial charge in [-0.2, -0.15) is 38.7 Å². The highest BCUT2D eigenvalue weighted by Gasteiger charge is 2.28.